The second-order valence-corrected chi connectivity index (χ2v) is 7.09. The van der Waals surface area contributed by atoms with Crippen LogP contribution in [-0.4, -0.2) is 15.9 Å². The van der Waals surface area contributed by atoms with E-state index >= 15 is 0 Å². The molecule has 0 atom stereocenters. The van der Waals surface area contributed by atoms with E-state index in [9.17, 15) is 4.79 Å². The van der Waals surface area contributed by atoms with Crippen LogP contribution in [0.15, 0.2) is 67.0 Å². The Morgan fingerprint density at radius 1 is 1.00 bits per heavy atom. The number of fused-ring (bicyclic) bond motifs is 1. The zero-order valence-electron chi connectivity index (χ0n) is 16.1. The van der Waals surface area contributed by atoms with Gasteiger partial charge >= 0.3 is 0 Å². The number of amides is 1. The van der Waals surface area contributed by atoms with Crippen LogP contribution in [0.25, 0.3) is 10.8 Å². The average Bonchev–Trinajstić information content (AvgIpc) is 2.76. The number of halogens is 1. The molecule has 0 spiro atoms. The number of rotatable bonds is 5. The highest BCUT2D eigenvalue weighted by Crippen LogP contribution is 2.27. The zero-order valence-corrected chi connectivity index (χ0v) is 16.9. The van der Waals surface area contributed by atoms with Crippen molar-refractivity contribution in [2.24, 2.45) is 0 Å². The van der Waals surface area contributed by atoms with Crippen LogP contribution in [-0.2, 0) is 0 Å². The second-order valence-electron chi connectivity index (χ2n) is 6.68. The summed E-state index contributed by atoms with van der Waals surface area (Å²) in [5.41, 5.74) is 14.1. The van der Waals surface area contributed by atoms with E-state index in [4.69, 9.17) is 17.3 Å². The molecule has 7 nitrogen and oxygen atoms in total. The Kier molecular flexibility index (Phi) is 5.36. The summed E-state index contributed by atoms with van der Waals surface area (Å²) in [6, 6.07) is 18.8. The predicted molar refractivity (Wildman–Crippen MR) is 121 cm³/mol. The zero-order chi connectivity index (χ0) is 21.1. The summed E-state index contributed by atoms with van der Waals surface area (Å²) in [6.45, 7) is 1.92. The maximum Gasteiger partial charge on any atom is 0.270 e. The van der Waals surface area contributed by atoms with E-state index < -0.39 is 0 Å². The molecule has 0 unspecified atom stereocenters. The summed E-state index contributed by atoms with van der Waals surface area (Å²) in [7, 11) is 0. The van der Waals surface area contributed by atoms with Crippen molar-refractivity contribution in [1.82, 2.24) is 15.4 Å². The molecule has 0 fully saturated rings. The molecule has 3 aromatic carbocycles. The predicted octanol–water partition coefficient (Wildman–Crippen LogP) is 4.67. The van der Waals surface area contributed by atoms with Gasteiger partial charge in [0.05, 0.1) is 0 Å². The Bertz CT molecular complexity index is 1240. The summed E-state index contributed by atoms with van der Waals surface area (Å²) < 4.78 is 0. The van der Waals surface area contributed by atoms with Crippen molar-refractivity contribution in [3.05, 3.63) is 83.1 Å². The van der Waals surface area contributed by atoms with E-state index in [0.717, 1.165) is 22.0 Å². The molecule has 0 saturated carbocycles. The van der Waals surface area contributed by atoms with Crippen LogP contribution < -0.4 is 21.9 Å². The molecule has 0 aliphatic heterocycles. The lowest BCUT2D eigenvalue weighted by molar-refractivity contribution is 0.0964. The molecule has 5 N–H and O–H groups in total. The van der Waals surface area contributed by atoms with Crippen molar-refractivity contribution in [2.45, 2.75) is 6.92 Å². The molecule has 0 bridgehead atoms. The van der Waals surface area contributed by atoms with Crippen molar-refractivity contribution in [1.29, 1.82) is 0 Å². The van der Waals surface area contributed by atoms with Gasteiger partial charge in [-0.25, -0.2) is 9.97 Å². The van der Waals surface area contributed by atoms with Crippen LogP contribution in [0.4, 0.5) is 23.0 Å². The number of nitrogens with two attached hydrogens (primary N) is 1. The number of benzene rings is 3. The van der Waals surface area contributed by atoms with Crippen LogP contribution in [0.5, 0.6) is 0 Å². The molecule has 1 amide bonds. The highest BCUT2D eigenvalue weighted by atomic mass is 35.5. The number of hydrogen-bond acceptors (Lipinski definition) is 6. The molecule has 30 heavy (non-hydrogen) atoms. The number of hydrogen-bond donors (Lipinski definition) is 4. The number of anilines is 4. The third-order valence-electron chi connectivity index (χ3n) is 4.65. The van der Waals surface area contributed by atoms with Gasteiger partial charge in [-0.3, -0.25) is 15.6 Å². The molecule has 0 aliphatic carbocycles. The first-order valence-corrected chi connectivity index (χ1v) is 9.58. The molecule has 0 saturated heterocycles. The van der Waals surface area contributed by atoms with Crippen LogP contribution in [0.2, 0.25) is 5.02 Å². The maximum atomic E-state index is 12.7. The molecule has 1 aromatic heterocycles. The minimum absolute atomic E-state index is 0.257. The van der Waals surface area contributed by atoms with Crippen LogP contribution in [0, 0.1) is 6.92 Å². The molecule has 8 heteroatoms. The highest BCUT2D eigenvalue weighted by molar-refractivity contribution is 6.31. The molecule has 1 heterocycles. The Balaban J connectivity index is 1.51. The lowest BCUT2D eigenvalue weighted by atomic mass is 10.0. The van der Waals surface area contributed by atoms with Crippen molar-refractivity contribution in [3.8, 4) is 0 Å². The first kappa shape index (κ1) is 19.5. The fraction of sp³-hybridized carbons (Fsp3) is 0.0455. The van der Waals surface area contributed by atoms with Gasteiger partial charge in [0.15, 0.2) is 11.6 Å². The Morgan fingerprint density at radius 3 is 2.60 bits per heavy atom. The number of carbonyl (C=O) groups is 1. The van der Waals surface area contributed by atoms with Crippen LogP contribution in [0.1, 0.15) is 15.9 Å². The van der Waals surface area contributed by atoms with Crippen LogP contribution in [0.3, 0.4) is 0 Å². The molecule has 4 aromatic rings. The van der Waals surface area contributed by atoms with E-state index in [2.05, 4.69) is 26.1 Å². The Labute approximate surface area is 178 Å². The van der Waals surface area contributed by atoms with Crippen molar-refractivity contribution in [2.75, 3.05) is 16.5 Å². The van der Waals surface area contributed by atoms with Crippen molar-refractivity contribution < 1.29 is 4.79 Å². The largest absolute Gasteiger partial charge is 0.393 e. The number of hydrazine groups is 1. The van der Waals surface area contributed by atoms with Gasteiger partial charge < -0.3 is 11.1 Å². The number of nitrogens with zero attached hydrogens (tertiary/aromatic N) is 2. The third kappa shape index (κ3) is 3.97. The maximum absolute atomic E-state index is 12.7. The number of carbonyl (C=O) groups excluding carboxylic acids is 1. The number of aryl methyl sites for hydroxylation is 1. The Hall–Kier alpha value is -3.84. The van der Waals surface area contributed by atoms with Gasteiger partial charge in [0.2, 0.25) is 0 Å². The smallest absolute Gasteiger partial charge is 0.270 e. The average molecular weight is 419 g/mol. The van der Waals surface area contributed by atoms with E-state index in [1.54, 1.807) is 12.1 Å². The standard InChI is InChI=1S/C22H19ClN6O/c1-13-9-10-15(11-18(13)23)27-20-19(24)21(26-12-25-20)28-29-22(30)17-8-4-6-14-5-2-3-7-16(14)17/h2-12H,24H2,1H3,(H,29,30)(H2,25,26,27,28). The molecule has 0 radical (unpaired) electrons. The monoisotopic (exact) mass is 418 g/mol. The van der Waals surface area contributed by atoms with E-state index in [1.165, 1.54) is 6.33 Å². The van der Waals surface area contributed by atoms with Gasteiger partial charge in [0.25, 0.3) is 5.91 Å². The van der Waals surface area contributed by atoms with Crippen LogP contribution >= 0.6 is 11.6 Å². The highest BCUT2D eigenvalue weighted by Gasteiger charge is 2.12. The second kappa shape index (κ2) is 8.26. The summed E-state index contributed by atoms with van der Waals surface area (Å²) >= 11 is 6.17. The van der Waals surface area contributed by atoms with Crippen molar-refractivity contribution >= 4 is 51.3 Å². The first-order chi connectivity index (χ1) is 14.5. The number of nitrogens with one attached hydrogen (secondary N) is 3. The van der Waals surface area contributed by atoms with E-state index in [1.807, 2.05) is 55.5 Å². The quantitative estimate of drug-likeness (QED) is 0.351. The van der Waals surface area contributed by atoms with Gasteiger partial charge in [-0.05, 0) is 41.5 Å². The minimum atomic E-state index is -0.301. The number of aromatic nitrogens is 2. The summed E-state index contributed by atoms with van der Waals surface area (Å²) in [5, 5.41) is 5.58. The Morgan fingerprint density at radius 2 is 1.77 bits per heavy atom. The summed E-state index contributed by atoms with van der Waals surface area (Å²) in [6.07, 6.45) is 1.35. The third-order valence-corrected chi connectivity index (χ3v) is 5.05. The van der Waals surface area contributed by atoms with Gasteiger partial charge in [-0.1, -0.05) is 54.1 Å². The van der Waals surface area contributed by atoms with Gasteiger partial charge in [-0.2, -0.15) is 0 Å². The van der Waals surface area contributed by atoms with Crippen molar-refractivity contribution in [3.63, 3.8) is 0 Å². The lowest BCUT2D eigenvalue weighted by Gasteiger charge is -2.14. The topological polar surface area (TPSA) is 105 Å². The van der Waals surface area contributed by atoms with Gasteiger partial charge in [0, 0.05) is 16.3 Å². The van der Waals surface area contributed by atoms with E-state index in [-0.39, 0.29) is 17.4 Å². The molecule has 0 aliphatic rings. The van der Waals surface area contributed by atoms with Gasteiger partial charge in [0.1, 0.15) is 12.0 Å². The first-order valence-electron chi connectivity index (χ1n) is 9.20. The number of nitrogen functional groups attached to an aromatic ring is 1. The summed E-state index contributed by atoms with van der Waals surface area (Å²) in [4.78, 5) is 21.0. The fourth-order valence-electron chi connectivity index (χ4n) is 3.01. The summed E-state index contributed by atoms with van der Waals surface area (Å²) in [5.74, 6) is 0.371. The lowest BCUT2D eigenvalue weighted by Crippen LogP contribution is -2.30. The normalized spacial score (nSPS) is 10.6. The molecular formula is C22H19ClN6O. The van der Waals surface area contributed by atoms with Gasteiger partial charge in [-0.15, -0.1) is 0 Å². The molecular weight excluding hydrogens is 400 g/mol. The minimum Gasteiger partial charge on any atom is -0.393 e. The molecule has 4 rings (SSSR count). The fourth-order valence-corrected chi connectivity index (χ4v) is 3.19. The molecule has 150 valence electrons. The SMILES string of the molecule is Cc1ccc(Nc2ncnc(NNC(=O)c3cccc4ccccc34)c2N)cc1Cl. The van der Waals surface area contributed by atoms with E-state index in [0.29, 0.717) is 16.4 Å².